The first-order valence-electron chi connectivity index (χ1n) is 15.1. The van der Waals surface area contributed by atoms with Crippen molar-refractivity contribution in [3.8, 4) is 5.75 Å². The molecule has 2 saturated heterocycles. The fraction of sp³-hybridized carbons (Fsp3) is 0.273. The Balaban J connectivity index is 0.00000451. The van der Waals surface area contributed by atoms with Crippen LogP contribution in [0.2, 0.25) is 0 Å². The van der Waals surface area contributed by atoms with E-state index in [1.807, 2.05) is 67.6 Å². The van der Waals surface area contributed by atoms with Gasteiger partial charge in [0.25, 0.3) is 0 Å². The first kappa shape index (κ1) is 35.5. The third-order valence-corrected chi connectivity index (χ3v) is 8.96. The number of phosphoric acid groups is 1. The second-order valence-corrected chi connectivity index (χ2v) is 12.8. The Morgan fingerprint density at radius 2 is 1.69 bits per heavy atom. The summed E-state index contributed by atoms with van der Waals surface area (Å²) in [6.07, 6.45) is 0.961. The van der Waals surface area contributed by atoms with Crippen LogP contribution in [0.15, 0.2) is 91.1 Å². The monoisotopic (exact) mass is 682 g/mol. The zero-order chi connectivity index (χ0) is 33.3. The second kappa shape index (κ2) is 14.8. The van der Waals surface area contributed by atoms with E-state index in [1.165, 1.54) is 22.0 Å². The van der Waals surface area contributed by atoms with E-state index in [0.29, 0.717) is 5.56 Å². The molecule has 0 aliphatic carbocycles. The number of hydrogen-bond acceptors (Lipinski definition) is 7. The van der Waals surface area contributed by atoms with E-state index in [2.05, 4.69) is 14.8 Å². The van der Waals surface area contributed by atoms with Crippen LogP contribution in [0, 0.1) is 0 Å². The third-order valence-electron chi connectivity index (χ3n) is 8.51. The van der Waals surface area contributed by atoms with Gasteiger partial charge in [-0.15, -0.1) is 0 Å². The van der Waals surface area contributed by atoms with Gasteiger partial charge in [-0.05, 0) is 41.8 Å². The van der Waals surface area contributed by atoms with Crippen molar-refractivity contribution >= 4 is 66.1 Å². The van der Waals surface area contributed by atoms with Gasteiger partial charge in [-0.3, -0.25) is 24.4 Å². The molecule has 0 bridgehead atoms. The molecule has 3 atom stereocenters. The average molecular weight is 683 g/mol. The number of hydrogen-bond donors (Lipinski definition) is 3. The van der Waals surface area contributed by atoms with Gasteiger partial charge < -0.3 is 19.6 Å². The number of hydrazine groups is 1. The number of benzene rings is 3. The topological polar surface area (TPSA) is 156 Å². The molecule has 13 nitrogen and oxygen atoms in total. The van der Waals surface area contributed by atoms with Crippen molar-refractivity contribution in [2.75, 3.05) is 13.6 Å². The van der Waals surface area contributed by atoms with E-state index in [1.54, 1.807) is 35.3 Å². The molecular formula is C33H36N6NaO7P. The maximum atomic E-state index is 14.5. The molecule has 0 radical (unpaired) electrons. The van der Waals surface area contributed by atoms with Gasteiger partial charge in [0, 0.05) is 38.1 Å². The van der Waals surface area contributed by atoms with Crippen LogP contribution in [0.3, 0.4) is 0 Å². The Morgan fingerprint density at radius 1 is 0.979 bits per heavy atom. The number of likely N-dealkylation sites (N-methyl/N-ethyl adjacent to an activating group) is 1. The van der Waals surface area contributed by atoms with Gasteiger partial charge in [0.2, 0.25) is 11.8 Å². The van der Waals surface area contributed by atoms with Crippen molar-refractivity contribution in [1.82, 2.24) is 30.1 Å². The molecule has 1 unspecified atom stereocenters. The molecule has 0 saturated carbocycles. The van der Waals surface area contributed by atoms with E-state index >= 15 is 0 Å². The molecule has 6 rings (SSSR count). The van der Waals surface area contributed by atoms with Crippen molar-refractivity contribution in [2.24, 2.45) is 0 Å². The molecular weight excluding hydrogens is 646 g/mol. The Labute approximate surface area is 300 Å². The van der Waals surface area contributed by atoms with Crippen LogP contribution < -0.4 is 9.84 Å². The molecule has 15 heteroatoms. The molecule has 3 heterocycles. The van der Waals surface area contributed by atoms with E-state index in [0.717, 1.165) is 22.0 Å². The molecule has 2 aliphatic heterocycles. The molecule has 48 heavy (non-hydrogen) atoms. The van der Waals surface area contributed by atoms with Crippen molar-refractivity contribution < 1.29 is 33.3 Å². The zero-order valence-corrected chi connectivity index (χ0v) is 26.7. The first-order valence-corrected chi connectivity index (χ1v) is 16.6. The summed E-state index contributed by atoms with van der Waals surface area (Å²) >= 11 is 0. The summed E-state index contributed by atoms with van der Waals surface area (Å²) in [4.78, 5) is 68.2. The fourth-order valence-electron chi connectivity index (χ4n) is 6.35. The molecule has 0 spiro atoms. The zero-order valence-electron chi connectivity index (χ0n) is 25.8. The van der Waals surface area contributed by atoms with E-state index in [-0.39, 0.29) is 73.2 Å². The molecule has 4 amide bonds. The van der Waals surface area contributed by atoms with Crippen molar-refractivity contribution in [1.29, 1.82) is 0 Å². The SMILES string of the molecule is C[C@H]1C2N(C(=O)CN(C)N2C(=O)NCc2ccccc2)[C@@H](Cc2ccc(OP(=O)(O)O)cc2)C(=O)N1Cc1cccc2cccnc12.[NaH]. The Kier molecular flexibility index (Phi) is 10.9. The fourth-order valence-corrected chi connectivity index (χ4v) is 6.75. The number of amides is 4. The molecule has 3 aromatic carbocycles. The van der Waals surface area contributed by atoms with Crippen molar-refractivity contribution in [2.45, 2.75) is 44.7 Å². The first-order chi connectivity index (χ1) is 22.5. The van der Waals surface area contributed by atoms with Gasteiger partial charge in [-0.1, -0.05) is 66.7 Å². The number of urea groups is 1. The number of piperazine rings is 1. The minimum absolute atomic E-state index is 0. The molecule has 1 aromatic heterocycles. The van der Waals surface area contributed by atoms with Gasteiger partial charge in [-0.2, -0.15) is 0 Å². The number of pyridine rings is 1. The number of rotatable bonds is 8. The summed E-state index contributed by atoms with van der Waals surface area (Å²) in [7, 11) is -3.08. The van der Waals surface area contributed by atoms with E-state index in [4.69, 9.17) is 0 Å². The molecule has 4 aromatic rings. The van der Waals surface area contributed by atoms with E-state index < -0.39 is 32.1 Å². The van der Waals surface area contributed by atoms with Gasteiger partial charge in [0.15, 0.2) is 0 Å². The van der Waals surface area contributed by atoms with Crippen LogP contribution in [-0.4, -0.2) is 114 Å². The number of carbonyl (C=O) groups is 3. The minimum atomic E-state index is -4.76. The molecule has 3 N–H and O–H groups in total. The summed E-state index contributed by atoms with van der Waals surface area (Å²) in [5.74, 6) is -0.631. The number of carbonyl (C=O) groups excluding carboxylic acids is 3. The van der Waals surface area contributed by atoms with Gasteiger partial charge >= 0.3 is 43.4 Å². The van der Waals surface area contributed by atoms with Crippen LogP contribution in [0.5, 0.6) is 5.75 Å². The predicted octanol–water partition coefficient (Wildman–Crippen LogP) is 2.63. The number of para-hydroxylation sites is 1. The van der Waals surface area contributed by atoms with Crippen LogP contribution >= 0.6 is 7.82 Å². The van der Waals surface area contributed by atoms with Crippen LogP contribution in [0.1, 0.15) is 23.6 Å². The number of nitrogens with one attached hydrogen (secondary N) is 1. The standard InChI is InChI=1S/C33H35N6O7P.Na.H/c1-22-31-38(29(40)21-36(2)39(31)33(42)35-19-24-8-4-3-5-9-24)28(18-23-13-15-27(16-14-23)46-47(43,44)45)32(41)37(22)20-26-11-6-10-25-12-7-17-34-30(25)26;;/h3-17,22,28,31H,18-21H2,1-2H3,(H,35,42)(H2,43,44,45);;/t22-,28-,31?;;/m0../s1. The summed E-state index contributed by atoms with van der Waals surface area (Å²) in [6, 6.07) is 23.0. The second-order valence-electron chi connectivity index (χ2n) is 11.7. The van der Waals surface area contributed by atoms with Crippen molar-refractivity contribution in [3.63, 3.8) is 0 Å². The predicted molar refractivity (Wildman–Crippen MR) is 179 cm³/mol. The Hall–Kier alpha value is -3.81. The number of nitrogens with zero attached hydrogens (tertiary/aromatic N) is 5. The number of aromatic nitrogens is 1. The number of fused-ring (bicyclic) bond motifs is 2. The Morgan fingerprint density at radius 3 is 2.40 bits per heavy atom. The van der Waals surface area contributed by atoms with Crippen LogP contribution in [0.25, 0.3) is 10.9 Å². The van der Waals surface area contributed by atoms with Crippen LogP contribution in [0.4, 0.5) is 4.79 Å². The number of phosphoric ester groups is 1. The van der Waals surface area contributed by atoms with Crippen LogP contribution in [-0.2, 0) is 33.7 Å². The van der Waals surface area contributed by atoms with E-state index in [9.17, 15) is 28.7 Å². The summed E-state index contributed by atoms with van der Waals surface area (Å²) in [5.41, 5.74) is 3.12. The van der Waals surface area contributed by atoms with Gasteiger partial charge in [0.1, 0.15) is 18.0 Å². The third kappa shape index (κ3) is 7.58. The molecule has 2 fully saturated rings. The van der Waals surface area contributed by atoms with Gasteiger partial charge in [0.05, 0.1) is 18.1 Å². The summed E-state index contributed by atoms with van der Waals surface area (Å²) in [5, 5.41) is 6.99. The summed E-state index contributed by atoms with van der Waals surface area (Å²) in [6.45, 7) is 2.19. The Bertz CT molecular complexity index is 1840. The van der Waals surface area contributed by atoms with Gasteiger partial charge in [-0.25, -0.2) is 19.4 Å². The summed E-state index contributed by atoms with van der Waals surface area (Å²) < 4.78 is 16.0. The maximum absolute atomic E-state index is 14.5. The normalized spacial score (nSPS) is 19.9. The van der Waals surface area contributed by atoms with Crippen molar-refractivity contribution in [3.05, 3.63) is 108 Å². The quantitative estimate of drug-likeness (QED) is 0.188. The molecule has 246 valence electrons. The average Bonchev–Trinajstić information content (AvgIpc) is 3.04. The molecule has 2 aliphatic rings.